The molecule has 5 nitrogen and oxygen atoms in total. The van der Waals surface area contributed by atoms with Crippen molar-refractivity contribution < 1.29 is 13.9 Å². The molecule has 0 fully saturated rings. The van der Waals surface area contributed by atoms with E-state index in [1.165, 1.54) is 0 Å². The van der Waals surface area contributed by atoms with Crippen LogP contribution in [0.4, 0.5) is 0 Å². The summed E-state index contributed by atoms with van der Waals surface area (Å²) in [6, 6.07) is 24.1. The molecule has 1 aromatic heterocycles. The van der Waals surface area contributed by atoms with E-state index in [9.17, 15) is 9.59 Å². The number of para-hydroxylation sites is 1. The van der Waals surface area contributed by atoms with E-state index in [-0.39, 0.29) is 17.1 Å². The normalized spacial score (nSPS) is 15.2. The Hall–Kier alpha value is -3.86. The van der Waals surface area contributed by atoms with E-state index in [1.54, 1.807) is 29.2 Å². The van der Waals surface area contributed by atoms with Crippen LogP contribution in [0, 0.1) is 0 Å². The van der Waals surface area contributed by atoms with Crippen molar-refractivity contribution in [2.24, 2.45) is 0 Å². The van der Waals surface area contributed by atoms with Crippen molar-refractivity contribution in [3.05, 3.63) is 112 Å². The van der Waals surface area contributed by atoms with Gasteiger partial charge in [0, 0.05) is 6.54 Å². The second-order valence-electron chi connectivity index (χ2n) is 7.92. The minimum atomic E-state index is -0.501. The minimum Gasteiger partial charge on any atom is -0.489 e. The van der Waals surface area contributed by atoms with Gasteiger partial charge >= 0.3 is 0 Å². The Bertz CT molecular complexity index is 1340. The van der Waals surface area contributed by atoms with Crippen LogP contribution in [0.2, 0.25) is 0 Å². The highest BCUT2D eigenvalue weighted by molar-refractivity contribution is 5.99. The summed E-state index contributed by atoms with van der Waals surface area (Å²) in [7, 11) is 0. The van der Waals surface area contributed by atoms with Gasteiger partial charge in [-0.3, -0.25) is 9.59 Å². The first kappa shape index (κ1) is 20.1. The van der Waals surface area contributed by atoms with Crippen molar-refractivity contribution in [1.29, 1.82) is 0 Å². The molecule has 0 unspecified atom stereocenters. The lowest BCUT2D eigenvalue weighted by Crippen LogP contribution is -2.30. The van der Waals surface area contributed by atoms with Crippen LogP contribution in [0.1, 0.15) is 46.6 Å². The van der Waals surface area contributed by atoms with Crippen molar-refractivity contribution in [2.45, 2.75) is 26.0 Å². The molecule has 0 radical (unpaired) electrons. The number of hydrogen-bond donors (Lipinski definition) is 0. The molecule has 4 aromatic rings. The second kappa shape index (κ2) is 8.35. The third-order valence-electron chi connectivity index (χ3n) is 5.76. The van der Waals surface area contributed by atoms with Crippen LogP contribution < -0.4 is 10.2 Å². The summed E-state index contributed by atoms with van der Waals surface area (Å²) in [6.07, 6.45) is 0.772. The Kier molecular flexibility index (Phi) is 5.23. The molecule has 1 amide bonds. The molecule has 0 saturated carbocycles. The zero-order valence-electron chi connectivity index (χ0n) is 17.8. The fourth-order valence-electron chi connectivity index (χ4n) is 4.30. The van der Waals surface area contributed by atoms with E-state index in [2.05, 4.69) is 0 Å². The zero-order chi connectivity index (χ0) is 22.1. The highest BCUT2D eigenvalue weighted by Crippen LogP contribution is 2.39. The molecule has 5 rings (SSSR count). The predicted molar refractivity (Wildman–Crippen MR) is 123 cm³/mol. The van der Waals surface area contributed by atoms with Gasteiger partial charge in [0.05, 0.1) is 17.0 Å². The van der Waals surface area contributed by atoms with E-state index in [0.717, 1.165) is 17.5 Å². The Balaban J connectivity index is 1.57. The molecule has 3 aromatic carbocycles. The van der Waals surface area contributed by atoms with Gasteiger partial charge in [0.15, 0.2) is 5.43 Å². The van der Waals surface area contributed by atoms with Crippen LogP contribution in [0.15, 0.2) is 88.1 Å². The number of carbonyl (C=O) groups excluding carboxylic acids is 1. The molecule has 1 atom stereocenters. The van der Waals surface area contributed by atoms with E-state index in [4.69, 9.17) is 9.15 Å². The van der Waals surface area contributed by atoms with Crippen molar-refractivity contribution in [1.82, 2.24) is 4.90 Å². The average molecular weight is 425 g/mol. The van der Waals surface area contributed by atoms with E-state index in [1.807, 2.05) is 61.5 Å². The van der Waals surface area contributed by atoms with Gasteiger partial charge < -0.3 is 14.1 Å². The number of hydrogen-bond acceptors (Lipinski definition) is 4. The molecule has 2 heterocycles. The molecular weight excluding hydrogens is 402 g/mol. The molecule has 32 heavy (non-hydrogen) atoms. The molecule has 0 aliphatic carbocycles. The summed E-state index contributed by atoms with van der Waals surface area (Å²) in [5, 5.41) is 0.485. The maximum Gasteiger partial charge on any atom is 0.290 e. The van der Waals surface area contributed by atoms with Gasteiger partial charge in [-0.05, 0) is 41.8 Å². The lowest BCUT2D eigenvalue weighted by atomic mass is 9.98. The lowest BCUT2D eigenvalue weighted by molar-refractivity contribution is 0.0728. The highest BCUT2D eigenvalue weighted by Gasteiger charge is 2.42. The first-order valence-electron chi connectivity index (χ1n) is 10.8. The van der Waals surface area contributed by atoms with E-state index in [0.29, 0.717) is 35.4 Å². The van der Waals surface area contributed by atoms with E-state index < -0.39 is 6.04 Å². The molecule has 0 spiro atoms. The van der Waals surface area contributed by atoms with Gasteiger partial charge in [0.25, 0.3) is 5.91 Å². The van der Waals surface area contributed by atoms with Gasteiger partial charge in [-0.1, -0.05) is 61.5 Å². The number of ether oxygens (including phenoxy) is 1. The lowest BCUT2D eigenvalue weighted by Gasteiger charge is -2.25. The number of rotatable bonds is 6. The van der Waals surface area contributed by atoms with Crippen LogP contribution in [0.3, 0.4) is 0 Å². The molecule has 0 saturated heterocycles. The number of nitrogens with zero attached hydrogens (tertiary/aromatic N) is 1. The van der Waals surface area contributed by atoms with Crippen LogP contribution in [-0.2, 0) is 6.61 Å². The standard InChI is InChI=1S/C27H23NO4/c1-2-15-28-24(19-11-8-12-20(16-19)31-17-18-9-4-3-5-10-18)23-25(29)21-13-6-7-14-22(21)32-26(23)27(28)30/h3-14,16,24H,2,15,17H2,1H3/t24-/m0/s1. The Morgan fingerprint density at radius 1 is 0.938 bits per heavy atom. The van der Waals surface area contributed by atoms with Crippen molar-refractivity contribution in [3.8, 4) is 5.75 Å². The Morgan fingerprint density at radius 2 is 1.72 bits per heavy atom. The van der Waals surface area contributed by atoms with Gasteiger partial charge in [-0.15, -0.1) is 0 Å². The largest absolute Gasteiger partial charge is 0.489 e. The summed E-state index contributed by atoms with van der Waals surface area (Å²) in [6.45, 7) is 2.98. The second-order valence-corrected chi connectivity index (χ2v) is 7.92. The smallest absolute Gasteiger partial charge is 0.290 e. The predicted octanol–water partition coefficient (Wildman–Crippen LogP) is 5.33. The molecule has 1 aliphatic heterocycles. The summed E-state index contributed by atoms with van der Waals surface area (Å²) in [5.41, 5.74) is 2.58. The summed E-state index contributed by atoms with van der Waals surface area (Å²) >= 11 is 0. The summed E-state index contributed by atoms with van der Waals surface area (Å²) < 4.78 is 11.9. The van der Waals surface area contributed by atoms with Crippen LogP contribution >= 0.6 is 0 Å². The van der Waals surface area contributed by atoms with Gasteiger partial charge in [0.2, 0.25) is 5.76 Å². The molecular formula is C27H23NO4. The first-order valence-corrected chi connectivity index (χ1v) is 10.8. The summed E-state index contributed by atoms with van der Waals surface area (Å²) in [5.74, 6) is 0.585. The zero-order valence-corrected chi connectivity index (χ0v) is 17.8. The van der Waals surface area contributed by atoms with Crippen molar-refractivity contribution in [3.63, 3.8) is 0 Å². The number of amides is 1. The van der Waals surface area contributed by atoms with Gasteiger partial charge in [-0.25, -0.2) is 0 Å². The monoisotopic (exact) mass is 425 g/mol. The van der Waals surface area contributed by atoms with Crippen LogP contribution in [0.25, 0.3) is 11.0 Å². The topological polar surface area (TPSA) is 59.8 Å². The maximum absolute atomic E-state index is 13.4. The summed E-state index contributed by atoms with van der Waals surface area (Å²) in [4.78, 5) is 28.4. The quantitative estimate of drug-likeness (QED) is 0.419. The molecule has 0 N–H and O–H groups in total. The van der Waals surface area contributed by atoms with Gasteiger partial charge in [-0.2, -0.15) is 0 Å². The van der Waals surface area contributed by atoms with E-state index >= 15 is 0 Å². The molecule has 160 valence electrons. The van der Waals surface area contributed by atoms with Gasteiger partial charge in [0.1, 0.15) is 17.9 Å². The SMILES string of the molecule is CCCN1C(=O)c2oc3ccccc3c(=O)c2[C@@H]1c1cccc(OCc2ccccc2)c1. The fraction of sp³-hybridized carbons (Fsp3) is 0.185. The average Bonchev–Trinajstić information content (AvgIpc) is 3.11. The van der Waals surface area contributed by atoms with Crippen molar-refractivity contribution >= 4 is 16.9 Å². The van der Waals surface area contributed by atoms with Crippen LogP contribution in [0.5, 0.6) is 5.75 Å². The Labute approximate surface area is 185 Å². The number of carbonyl (C=O) groups is 1. The molecule has 0 bridgehead atoms. The van der Waals surface area contributed by atoms with Crippen LogP contribution in [-0.4, -0.2) is 17.4 Å². The number of fused-ring (bicyclic) bond motifs is 2. The van der Waals surface area contributed by atoms with Crippen molar-refractivity contribution in [2.75, 3.05) is 6.54 Å². The highest BCUT2D eigenvalue weighted by atomic mass is 16.5. The number of benzene rings is 3. The minimum absolute atomic E-state index is 0.141. The first-order chi connectivity index (χ1) is 15.7. The molecule has 5 heteroatoms. The third kappa shape index (κ3) is 3.46. The Morgan fingerprint density at radius 3 is 2.53 bits per heavy atom. The fourth-order valence-corrected chi connectivity index (χ4v) is 4.30. The molecule has 1 aliphatic rings. The maximum atomic E-state index is 13.4. The third-order valence-corrected chi connectivity index (χ3v) is 5.76.